The molecule has 0 aromatic heterocycles. The average molecular weight is 413 g/mol. The van der Waals surface area contributed by atoms with E-state index in [1.54, 1.807) is 30.1 Å². The largest absolute Gasteiger partial charge is 0.315 e. The second-order valence-electron chi connectivity index (χ2n) is 5.02. The van der Waals surface area contributed by atoms with Gasteiger partial charge in [0.25, 0.3) is 0 Å². The Kier molecular flexibility index (Phi) is 3.88. The minimum atomic E-state index is -0.270. The molecule has 0 spiro atoms. The molecule has 0 saturated carbocycles. The van der Waals surface area contributed by atoms with Crippen LogP contribution in [0.4, 0.5) is 10.1 Å². The number of amides is 1. The van der Waals surface area contributed by atoms with Gasteiger partial charge in [-0.1, -0.05) is 40.2 Å². The lowest BCUT2D eigenvalue weighted by molar-refractivity contribution is -0.117. The zero-order valence-electron chi connectivity index (χ0n) is 11.2. The predicted molar refractivity (Wildman–Crippen MR) is 88.4 cm³/mol. The van der Waals surface area contributed by atoms with Gasteiger partial charge in [-0.2, -0.15) is 0 Å². The molecule has 0 N–H and O–H groups in total. The topological polar surface area (TPSA) is 20.3 Å². The summed E-state index contributed by atoms with van der Waals surface area (Å²) in [6.45, 7) is 0. The van der Waals surface area contributed by atoms with E-state index < -0.39 is 0 Å². The van der Waals surface area contributed by atoms with Gasteiger partial charge in [0.15, 0.2) is 0 Å². The number of halogens is 3. The molecule has 1 aliphatic heterocycles. The van der Waals surface area contributed by atoms with E-state index in [1.807, 2.05) is 18.2 Å². The van der Waals surface area contributed by atoms with Gasteiger partial charge in [0.05, 0.1) is 15.7 Å². The standard InChI is InChI=1S/C16H12Br2FNO/c1-20-13-6-5-9(7-10(13)8-14(20)21)15(18)11-3-2-4-12(17)16(11)19/h2-7,15H,8H2,1H3. The summed E-state index contributed by atoms with van der Waals surface area (Å²) >= 11 is 6.76. The number of benzene rings is 2. The molecule has 1 amide bonds. The van der Waals surface area contributed by atoms with E-state index in [2.05, 4.69) is 31.9 Å². The van der Waals surface area contributed by atoms with Crippen molar-refractivity contribution >= 4 is 43.5 Å². The lowest BCUT2D eigenvalue weighted by Crippen LogP contribution is -2.20. The van der Waals surface area contributed by atoms with Gasteiger partial charge in [0.1, 0.15) is 5.82 Å². The number of nitrogens with zero attached hydrogens (tertiary/aromatic N) is 1. The van der Waals surface area contributed by atoms with Crippen LogP contribution in [0, 0.1) is 5.82 Å². The summed E-state index contributed by atoms with van der Waals surface area (Å²) in [7, 11) is 1.77. The molecule has 0 radical (unpaired) electrons. The van der Waals surface area contributed by atoms with Crippen molar-refractivity contribution in [3.05, 3.63) is 63.4 Å². The molecule has 0 aliphatic carbocycles. The molecule has 21 heavy (non-hydrogen) atoms. The number of anilines is 1. The second-order valence-corrected chi connectivity index (χ2v) is 6.79. The number of likely N-dealkylation sites (N-methyl/N-ethyl adjacent to an activating group) is 1. The normalized spacial score (nSPS) is 15.2. The van der Waals surface area contributed by atoms with Crippen molar-refractivity contribution in [3.63, 3.8) is 0 Å². The van der Waals surface area contributed by atoms with E-state index >= 15 is 0 Å². The molecule has 1 atom stereocenters. The Morgan fingerprint density at radius 1 is 1.29 bits per heavy atom. The van der Waals surface area contributed by atoms with Crippen LogP contribution >= 0.6 is 31.9 Å². The number of hydrogen-bond acceptors (Lipinski definition) is 1. The monoisotopic (exact) mass is 411 g/mol. The van der Waals surface area contributed by atoms with Gasteiger partial charge in [-0.15, -0.1) is 0 Å². The Hall–Kier alpha value is -1.20. The van der Waals surface area contributed by atoms with Crippen molar-refractivity contribution < 1.29 is 9.18 Å². The highest BCUT2D eigenvalue weighted by molar-refractivity contribution is 9.10. The van der Waals surface area contributed by atoms with Crippen molar-refractivity contribution in [1.29, 1.82) is 0 Å². The van der Waals surface area contributed by atoms with Crippen LogP contribution in [-0.2, 0) is 11.2 Å². The third-order valence-corrected chi connectivity index (χ3v) is 5.36. The fourth-order valence-corrected chi connectivity index (χ4v) is 3.56. The van der Waals surface area contributed by atoms with Gasteiger partial charge < -0.3 is 4.90 Å². The quantitative estimate of drug-likeness (QED) is 0.660. The summed E-state index contributed by atoms with van der Waals surface area (Å²) in [5.41, 5.74) is 3.42. The molecule has 108 valence electrons. The van der Waals surface area contributed by atoms with Crippen LogP contribution in [0.2, 0.25) is 0 Å². The molecule has 5 heteroatoms. The van der Waals surface area contributed by atoms with Crippen molar-refractivity contribution in [2.45, 2.75) is 11.2 Å². The SMILES string of the molecule is CN1C(=O)Cc2cc(C(Br)c3cccc(Br)c3F)ccc21. The molecule has 2 aromatic carbocycles. The van der Waals surface area contributed by atoms with Crippen LogP contribution in [0.1, 0.15) is 21.5 Å². The van der Waals surface area contributed by atoms with Crippen molar-refractivity contribution in [3.8, 4) is 0 Å². The molecule has 0 bridgehead atoms. The van der Waals surface area contributed by atoms with Crippen molar-refractivity contribution in [2.75, 3.05) is 11.9 Å². The molecule has 1 unspecified atom stereocenters. The minimum Gasteiger partial charge on any atom is -0.315 e. The fraction of sp³-hybridized carbons (Fsp3) is 0.188. The van der Waals surface area contributed by atoms with Gasteiger partial charge in [0.2, 0.25) is 5.91 Å². The van der Waals surface area contributed by atoms with E-state index in [9.17, 15) is 9.18 Å². The minimum absolute atomic E-state index is 0.0851. The summed E-state index contributed by atoms with van der Waals surface area (Å²) in [6, 6.07) is 11.0. The average Bonchev–Trinajstić information content (AvgIpc) is 2.76. The first-order chi connectivity index (χ1) is 9.99. The van der Waals surface area contributed by atoms with Gasteiger partial charge in [-0.05, 0) is 39.2 Å². The van der Waals surface area contributed by atoms with Crippen molar-refractivity contribution in [1.82, 2.24) is 0 Å². The lowest BCUT2D eigenvalue weighted by Gasteiger charge is -2.15. The van der Waals surface area contributed by atoms with Gasteiger partial charge in [-0.25, -0.2) is 4.39 Å². The number of rotatable bonds is 2. The smallest absolute Gasteiger partial charge is 0.231 e. The second kappa shape index (κ2) is 5.54. The Labute approximate surface area is 139 Å². The van der Waals surface area contributed by atoms with Crippen LogP contribution in [0.5, 0.6) is 0 Å². The molecular formula is C16H12Br2FNO. The van der Waals surface area contributed by atoms with E-state index in [1.165, 1.54) is 0 Å². The predicted octanol–water partition coefficient (Wildman–Crippen LogP) is 4.59. The molecule has 1 heterocycles. The summed E-state index contributed by atoms with van der Waals surface area (Å²) < 4.78 is 14.6. The Morgan fingerprint density at radius 3 is 2.81 bits per heavy atom. The zero-order chi connectivity index (χ0) is 15.1. The van der Waals surface area contributed by atoms with Crippen molar-refractivity contribution in [2.24, 2.45) is 0 Å². The lowest BCUT2D eigenvalue weighted by atomic mass is 10.0. The van der Waals surface area contributed by atoms with Crippen LogP contribution in [0.3, 0.4) is 0 Å². The Bertz CT molecular complexity index is 732. The number of alkyl halides is 1. The highest BCUT2D eigenvalue weighted by Gasteiger charge is 2.25. The number of hydrogen-bond donors (Lipinski definition) is 0. The third-order valence-electron chi connectivity index (χ3n) is 3.73. The maximum Gasteiger partial charge on any atom is 0.231 e. The first kappa shape index (κ1) is 14.7. The van der Waals surface area contributed by atoms with Gasteiger partial charge >= 0.3 is 0 Å². The highest BCUT2D eigenvalue weighted by atomic mass is 79.9. The zero-order valence-corrected chi connectivity index (χ0v) is 14.4. The summed E-state index contributed by atoms with van der Waals surface area (Å²) in [6.07, 6.45) is 0.403. The number of fused-ring (bicyclic) bond motifs is 1. The first-order valence-electron chi connectivity index (χ1n) is 6.46. The Morgan fingerprint density at radius 2 is 2.05 bits per heavy atom. The molecule has 1 aliphatic rings. The van der Waals surface area contributed by atoms with Gasteiger partial charge in [0, 0.05) is 18.3 Å². The van der Waals surface area contributed by atoms with Crippen LogP contribution in [0.25, 0.3) is 0 Å². The van der Waals surface area contributed by atoms with E-state index in [0.29, 0.717) is 16.5 Å². The molecule has 2 nitrogen and oxygen atoms in total. The van der Waals surface area contributed by atoms with E-state index in [4.69, 9.17) is 0 Å². The summed E-state index contributed by atoms with van der Waals surface area (Å²) in [5.74, 6) is -0.185. The number of carbonyl (C=O) groups excluding carboxylic acids is 1. The third kappa shape index (κ3) is 2.53. The maximum atomic E-state index is 14.2. The molecule has 0 fully saturated rings. The van der Waals surface area contributed by atoms with Crippen LogP contribution in [0.15, 0.2) is 40.9 Å². The summed E-state index contributed by atoms with van der Waals surface area (Å²) in [5, 5.41) is 0. The summed E-state index contributed by atoms with van der Waals surface area (Å²) in [4.78, 5) is 13.1. The van der Waals surface area contributed by atoms with Crippen LogP contribution < -0.4 is 4.90 Å². The number of carbonyl (C=O) groups is 1. The molecule has 2 aromatic rings. The van der Waals surface area contributed by atoms with Crippen LogP contribution in [-0.4, -0.2) is 13.0 Å². The van der Waals surface area contributed by atoms with Gasteiger partial charge in [-0.3, -0.25) is 4.79 Å². The Balaban J connectivity index is 2.00. The maximum absolute atomic E-state index is 14.2. The van der Waals surface area contributed by atoms with E-state index in [-0.39, 0.29) is 16.6 Å². The molecular weight excluding hydrogens is 401 g/mol. The fourth-order valence-electron chi connectivity index (χ4n) is 2.54. The van der Waals surface area contributed by atoms with E-state index in [0.717, 1.165) is 16.8 Å². The molecule has 0 saturated heterocycles. The first-order valence-corrected chi connectivity index (χ1v) is 8.17. The highest BCUT2D eigenvalue weighted by Crippen LogP contribution is 2.37. The molecule has 3 rings (SSSR count).